The maximum Gasteiger partial charge on any atom is 0.170 e. The Balaban J connectivity index is 2.19. The first-order valence-electron chi connectivity index (χ1n) is 5.98. The van der Waals surface area contributed by atoms with Gasteiger partial charge in [0.05, 0.1) is 6.20 Å². The highest BCUT2D eigenvalue weighted by atomic mass is 19.1. The van der Waals surface area contributed by atoms with Crippen LogP contribution in [-0.2, 0) is 6.54 Å². The van der Waals surface area contributed by atoms with Crippen molar-refractivity contribution in [3.05, 3.63) is 59.7 Å². The van der Waals surface area contributed by atoms with Crippen molar-refractivity contribution in [1.82, 2.24) is 4.98 Å². The van der Waals surface area contributed by atoms with Crippen LogP contribution in [0.2, 0.25) is 0 Å². The molecular formula is C14H15FN4O. The average molecular weight is 274 g/mol. The number of amidine groups is 1. The number of aromatic nitrogens is 1. The number of hydrogen-bond donors (Lipinski definition) is 2. The van der Waals surface area contributed by atoms with Crippen LogP contribution in [0.25, 0.3) is 0 Å². The molecule has 0 saturated carbocycles. The second-order valence-corrected chi connectivity index (χ2v) is 4.40. The van der Waals surface area contributed by atoms with Gasteiger partial charge in [0, 0.05) is 31.0 Å². The molecule has 0 aliphatic rings. The third kappa shape index (κ3) is 3.23. The van der Waals surface area contributed by atoms with Crippen molar-refractivity contribution in [3.63, 3.8) is 0 Å². The van der Waals surface area contributed by atoms with E-state index in [1.54, 1.807) is 18.3 Å². The first kappa shape index (κ1) is 13.8. The van der Waals surface area contributed by atoms with Gasteiger partial charge in [-0.3, -0.25) is 4.98 Å². The summed E-state index contributed by atoms with van der Waals surface area (Å²) in [5, 5.41) is 11.7. The average Bonchev–Trinajstić information content (AvgIpc) is 2.46. The summed E-state index contributed by atoms with van der Waals surface area (Å²) in [4.78, 5) is 5.74. The molecule has 5 nitrogen and oxygen atoms in total. The van der Waals surface area contributed by atoms with Gasteiger partial charge in [-0.05, 0) is 23.8 Å². The second kappa shape index (κ2) is 6.01. The molecule has 0 radical (unpaired) electrons. The number of halogens is 1. The van der Waals surface area contributed by atoms with Crippen molar-refractivity contribution in [3.8, 4) is 0 Å². The van der Waals surface area contributed by atoms with E-state index in [9.17, 15) is 4.39 Å². The van der Waals surface area contributed by atoms with Gasteiger partial charge >= 0.3 is 0 Å². The minimum Gasteiger partial charge on any atom is -0.409 e. The van der Waals surface area contributed by atoms with Crippen molar-refractivity contribution in [1.29, 1.82) is 0 Å². The van der Waals surface area contributed by atoms with Crippen LogP contribution in [0.15, 0.2) is 47.9 Å². The van der Waals surface area contributed by atoms with Gasteiger partial charge in [-0.15, -0.1) is 0 Å². The normalized spacial score (nSPS) is 11.4. The molecule has 0 atom stereocenters. The lowest BCUT2D eigenvalue weighted by atomic mass is 10.1. The number of nitrogens with two attached hydrogens (primary N) is 1. The Morgan fingerprint density at radius 3 is 2.90 bits per heavy atom. The fraction of sp³-hybridized carbons (Fsp3) is 0.143. The topological polar surface area (TPSA) is 74.7 Å². The summed E-state index contributed by atoms with van der Waals surface area (Å²) in [5.41, 5.74) is 7.82. The zero-order valence-electron chi connectivity index (χ0n) is 11.0. The van der Waals surface area contributed by atoms with Crippen molar-refractivity contribution in [2.24, 2.45) is 10.9 Å². The van der Waals surface area contributed by atoms with Gasteiger partial charge in [-0.2, -0.15) is 0 Å². The van der Waals surface area contributed by atoms with Gasteiger partial charge in [-0.1, -0.05) is 17.3 Å². The number of oxime groups is 1. The largest absolute Gasteiger partial charge is 0.409 e. The fourth-order valence-electron chi connectivity index (χ4n) is 1.87. The van der Waals surface area contributed by atoms with Gasteiger partial charge in [0.2, 0.25) is 0 Å². The maximum absolute atomic E-state index is 13.1. The van der Waals surface area contributed by atoms with Crippen LogP contribution in [0, 0.1) is 5.82 Å². The third-order valence-electron chi connectivity index (χ3n) is 2.87. The summed E-state index contributed by atoms with van der Waals surface area (Å²) < 4.78 is 13.1. The molecule has 2 aromatic rings. The Hall–Kier alpha value is -2.63. The minimum atomic E-state index is -0.360. The highest BCUT2D eigenvalue weighted by molar-refractivity contribution is 5.97. The van der Waals surface area contributed by atoms with Crippen LogP contribution in [0.1, 0.15) is 11.1 Å². The summed E-state index contributed by atoms with van der Waals surface area (Å²) in [6.07, 6.45) is 2.79. The Labute approximate surface area is 116 Å². The molecular weight excluding hydrogens is 259 g/mol. The molecule has 0 saturated heterocycles. The first-order chi connectivity index (χ1) is 9.60. The van der Waals surface area contributed by atoms with E-state index in [-0.39, 0.29) is 11.7 Å². The van der Waals surface area contributed by atoms with Gasteiger partial charge in [-0.25, -0.2) is 4.39 Å². The molecule has 0 bridgehead atoms. The number of pyridine rings is 1. The molecule has 104 valence electrons. The van der Waals surface area contributed by atoms with Crippen LogP contribution >= 0.6 is 0 Å². The van der Waals surface area contributed by atoms with E-state index in [0.717, 1.165) is 11.3 Å². The van der Waals surface area contributed by atoms with Gasteiger partial charge < -0.3 is 15.8 Å². The molecule has 0 aliphatic carbocycles. The monoisotopic (exact) mass is 274 g/mol. The van der Waals surface area contributed by atoms with E-state index in [4.69, 9.17) is 10.9 Å². The van der Waals surface area contributed by atoms with Crippen LogP contribution < -0.4 is 10.6 Å². The van der Waals surface area contributed by atoms with E-state index in [1.165, 1.54) is 12.3 Å². The summed E-state index contributed by atoms with van der Waals surface area (Å²) in [5.74, 6) is -0.311. The predicted molar refractivity (Wildman–Crippen MR) is 75.3 cm³/mol. The molecule has 3 N–H and O–H groups in total. The van der Waals surface area contributed by atoms with E-state index in [1.807, 2.05) is 24.1 Å². The lowest BCUT2D eigenvalue weighted by molar-refractivity contribution is 0.318. The Kier molecular flexibility index (Phi) is 4.14. The zero-order chi connectivity index (χ0) is 14.5. The molecule has 1 aromatic carbocycles. The molecule has 1 heterocycles. The quantitative estimate of drug-likeness (QED) is 0.387. The van der Waals surface area contributed by atoms with E-state index >= 15 is 0 Å². The molecule has 0 amide bonds. The predicted octanol–water partition coefficient (Wildman–Crippen LogP) is 1.95. The number of anilines is 1. The van der Waals surface area contributed by atoms with Gasteiger partial charge in [0.25, 0.3) is 0 Å². The fourth-order valence-corrected chi connectivity index (χ4v) is 1.87. The second-order valence-electron chi connectivity index (χ2n) is 4.40. The smallest absolute Gasteiger partial charge is 0.170 e. The Morgan fingerprint density at radius 2 is 2.20 bits per heavy atom. The molecule has 2 rings (SSSR count). The maximum atomic E-state index is 13.1. The molecule has 6 heteroatoms. The summed E-state index contributed by atoms with van der Waals surface area (Å²) in [6.45, 7) is 0.504. The Bertz CT molecular complexity index is 630. The van der Waals surface area contributed by atoms with Crippen LogP contribution in [0.4, 0.5) is 10.1 Å². The summed E-state index contributed by atoms with van der Waals surface area (Å²) in [6, 6.07) is 8.68. The molecule has 0 unspecified atom stereocenters. The third-order valence-corrected chi connectivity index (χ3v) is 2.87. The minimum absolute atomic E-state index is 0.0488. The summed E-state index contributed by atoms with van der Waals surface area (Å²) >= 11 is 0. The molecule has 20 heavy (non-hydrogen) atoms. The Morgan fingerprint density at radius 1 is 1.40 bits per heavy atom. The molecule has 0 aliphatic heterocycles. The first-order valence-corrected chi connectivity index (χ1v) is 5.98. The lowest BCUT2D eigenvalue weighted by Crippen LogP contribution is -2.18. The highest BCUT2D eigenvalue weighted by Gasteiger charge is 2.06. The number of nitrogens with zero attached hydrogens (tertiary/aromatic N) is 3. The zero-order valence-corrected chi connectivity index (χ0v) is 11.0. The SMILES string of the molecule is CN(Cc1cncc(F)c1)c1cccc(/C(N)=N/O)c1. The van der Waals surface area contributed by atoms with Crippen LogP contribution in [0.5, 0.6) is 0 Å². The van der Waals surface area contributed by atoms with E-state index in [0.29, 0.717) is 12.1 Å². The van der Waals surface area contributed by atoms with Crippen LogP contribution in [0.3, 0.4) is 0 Å². The lowest BCUT2D eigenvalue weighted by Gasteiger charge is -2.19. The number of benzene rings is 1. The van der Waals surface area contributed by atoms with Gasteiger partial charge in [0.1, 0.15) is 5.82 Å². The van der Waals surface area contributed by atoms with Crippen molar-refractivity contribution in [2.75, 3.05) is 11.9 Å². The highest BCUT2D eigenvalue weighted by Crippen LogP contribution is 2.17. The van der Waals surface area contributed by atoms with Crippen molar-refractivity contribution < 1.29 is 9.60 Å². The van der Waals surface area contributed by atoms with Crippen LogP contribution in [-0.4, -0.2) is 23.1 Å². The van der Waals surface area contributed by atoms with E-state index < -0.39 is 0 Å². The van der Waals surface area contributed by atoms with Crippen molar-refractivity contribution in [2.45, 2.75) is 6.54 Å². The molecule has 1 aromatic heterocycles. The standard InChI is InChI=1S/C14H15FN4O/c1-19(9-10-5-12(15)8-17-7-10)13-4-2-3-11(6-13)14(16)18-20/h2-8,20H,9H2,1H3,(H2,16,18). The van der Waals surface area contributed by atoms with Gasteiger partial charge in [0.15, 0.2) is 5.84 Å². The summed E-state index contributed by atoms with van der Waals surface area (Å²) in [7, 11) is 1.87. The molecule has 0 fully saturated rings. The van der Waals surface area contributed by atoms with Crippen molar-refractivity contribution >= 4 is 11.5 Å². The van der Waals surface area contributed by atoms with E-state index in [2.05, 4.69) is 10.1 Å². The number of hydrogen-bond acceptors (Lipinski definition) is 4. The number of rotatable bonds is 4. The molecule has 0 spiro atoms.